The maximum Gasteiger partial charge on any atom is 0.144 e. The van der Waals surface area contributed by atoms with E-state index in [0.29, 0.717) is 11.7 Å². The number of piperidine rings is 1. The van der Waals surface area contributed by atoms with Gasteiger partial charge in [-0.25, -0.2) is 0 Å². The van der Waals surface area contributed by atoms with Crippen LogP contribution in [0.2, 0.25) is 0 Å². The van der Waals surface area contributed by atoms with E-state index in [1.54, 1.807) is 13.2 Å². The molecule has 0 aromatic rings. The zero-order chi connectivity index (χ0) is 16.4. The first-order valence-electron chi connectivity index (χ1n) is 7.91. The third-order valence-electron chi connectivity index (χ3n) is 4.84. The fourth-order valence-corrected chi connectivity index (χ4v) is 3.65. The molecule has 0 bridgehead atoms. The van der Waals surface area contributed by atoms with Crippen molar-refractivity contribution in [2.45, 2.75) is 27.2 Å². The van der Waals surface area contributed by atoms with Crippen molar-refractivity contribution in [1.29, 1.82) is 0 Å². The lowest BCUT2D eigenvalue weighted by atomic mass is 9.77. The minimum atomic E-state index is -0.606. The van der Waals surface area contributed by atoms with Crippen molar-refractivity contribution in [2.75, 3.05) is 27.2 Å². The summed E-state index contributed by atoms with van der Waals surface area (Å²) in [6.45, 7) is 7.73. The first-order valence-corrected chi connectivity index (χ1v) is 7.91. The number of aliphatic hydroxyl groups excluding tert-OH is 1. The van der Waals surface area contributed by atoms with Crippen LogP contribution in [0.4, 0.5) is 0 Å². The van der Waals surface area contributed by atoms with Gasteiger partial charge in [0.1, 0.15) is 17.3 Å². The van der Waals surface area contributed by atoms with Crippen LogP contribution in [0.3, 0.4) is 0 Å². The van der Waals surface area contributed by atoms with E-state index in [1.165, 1.54) is 6.92 Å². The number of carbonyl (C=O) groups excluding carboxylic acids is 1. The summed E-state index contributed by atoms with van der Waals surface area (Å²) in [6, 6.07) is 0. The van der Waals surface area contributed by atoms with Gasteiger partial charge < -0.3 is 14.7 Å². The van der Waals surface area contributed by atoms with E-state index in [1.807, 2.05) is 13.0 Å². The molecule has 0 radical (unpaired) electrons. The van der Waals surface area contributed by atoms with Crippen molar-refractivity contribution < 1.29 is 14.6 Å². The van der Waals surface area contributed by atoms with Crippen molar-refractivity contribution in [1.82, 2.24) is 4.90 Å². The monoisotopic (exact) mass is 305 g/mol. The molecule has 4 heteroatoms. The third kappa shape index (κ3) is 3.27. The van der Waals surface area contributed by atoms with Gasteiger partial charge in [0.05, 0.1) is 13.0 Å². The van der Waals surface area contributed by atoms with Crippen molar-refractivity contribution in [3.63, 3.8) is 0 Å². The Morgan fingerprint density at radius 2 is 2.14 bits per heavy atom. The molecule has 2 rings (SSSR count). The first kappa shape index (κ1) is 16.8. The minimum absolute atomic E-state index is 0.0618. The molecule has 2 unspecified atom stereocenters. The average Bonchev–Trinajstić information content (AvgIpc) is 2.56. The van der Waals surface area contributed by atoms with Crippen LogP contribution in [-0.2, 0) is 9.53 Å². The number of rotatable bonds is 3. The Morgan fingerprint density at radius 1 is 1.45 bits per heavy atom. The predicted octanol–water partition coefficient (Wildman–Crippen LogP) is 3.08. The molecule has 0 spiro atoms. The summed E-state index contributed by atoms with van der Waals surface area (Å²) < 4.78 is 5.34. The van der Waals surface area contributed by atoms with Crippen LogP contribution in [0.15, 0.2) is 34.8 Å². The number of carbonyl (C=O) groups is 1. The molecule has 1 N–H and O–H groups in total. The number of ether oxygens (including phenoxy) is 1. The van der Waals surface area contributed by atoms with Crippen LogP contribution in [0.25, 0.3) is 0 Å². The number of hydrogen-bond donors (Lipinski definition) is 1. The number of aliphatic hydroxyl groups is 1. The van der Waals surface area contributed by atoms with Gasteiger partial charge in [0, 0.05) is 6.54 Å². The maximum atomic E-state index is 12.0. The molecule has 0 amide bonds. The quantitative estimate of drug-likeness (QED) is 0.870. The van der Waals surface area contributed by atoms with E-state index in [9.17, 15) is 9.90 Å². The Balaban J connectivity index is 2.46. The molecule has 1 aliphatic heterocycles. The third-order valence-corrected chi connectivity index (χ3v) is 4.84. The Hall–Kier alpha value is -1.55. The van der Waals surface area contributed by atoms with Gasteiger partial charge in [0.2, 0.25) is 0 Å². The number of allylic oxidation sites excluding steroid dienone is 4. The molecule has 4 nitrogen and oxygen atoms in total. The predicted molar refractivity (Wildman–Crippen MR) is 87.4 cm³/mol. The van der Waals surface area contributed by atoms with E-state index in [-0.39, 0.29) is 17.5 Å². The topological polar surface area (TPSA) is 49.8 Å². The molecule has 2 aliphatic rings. The molecule has 1 heterocycles. The van der Waals surface area contributed by atoms with Crippen LogP contribution in [0.1, 0.15) is 27.2 Å². The molecular formula is C18H27NO3. The van der Waals surface area contributed by atoms with Gasteiger partial charge in [0.15, 0.2) is 0 Å². The lowest BCUT2D eigenvalue weighted by molar-refractivity contribution is -0.119. The number of Topliss-reactive ketones (excluding diaryl/α,β-unsaturated/α-hetero) is 1. The lowest BCUT2D eigenvalue weighted by Crippen LogP contribution is -2.38. The normalized spacial score (nSPS) is 30.5. The zero-order valence-corrected chi connectivity index (χ0v) is 14.2. The molecule has 0 saturated carbocycles. The summed E-state index contributed by atoms with van der Waals surface area (Å²) in [5, 5.41) is 10.8. The second kappa shape index (κ2) is 6.69. The smallest absolute Gasteiger partial charge is 0.144 e. The highest BCUT2D eigenvalue weighted by atomic mass is 16.5. The van der Waals surface area contributed by atoms with Crippen LogP contribution in [0, 0.1) is 17.8 Å². The molecule has 0 aromatic carbocycles. The fourth-order valence-electron chi connectivity index (χ4n) is 3.65. The lowest BCUT2D eigenvalue weighted by Gasteiger charge is -2.37. The van der Waals surface area contributed by atoms with Gasteiger partial charge in [-0.3, -0.25) is 4.79 Å². The average molecular weight is 305 g/mol. The minimum Gasteiger partial charge on any atom is -0.511 e. The zero-order valence-electron chi connectivity index (χ0n) is 14.2. The van der Waals surface area contributed by atoms with Crippen molar-refractivity contribution in [2.24, 2.45) is 17.8 Å². The molecule has 122 valence electrons. The summed E-state index contributed by atoms with van der Waals surface area (Å²) in [4.78, 5) is 14.3. The molecule has 1 aliphatic carbocycles. The highest BCUT2D eigenvalue weighted by molar-refractivity contribution is 5.83. The first-order chi connectivity index (χ1) is 10.3. The van der Waals surface area contributed by atoms with Gasteiger partial charge in [-0.2, -0.15) is 0 Å². The van der Waals surface area contributed by atoms with Crippen LogP contribution in [0.5, 0.6) is 0 Å². The van der Waals surface area contributed by atoms with Crippen LogP contribution in [-0.4, -0.2) is 43.0 Å². The Bertz CT molecular complexity index is 545. The van der Waals surface area contributed by atoms with Crippen LogP contribution < -0.4 is 0 Å². The van der Waals surface area contributed by atoms with Gasteiger partial charge >= 0.3 is 0 Å². The van der Waals surface area contributed by atoms with Gasteiger partial charge in [0.25, 0.3) is 0 Å². The standard InChI is InChI=1S/C18H27NO3/c1-11-8-14(22-5)9-16(13(3)20)18(21)17(11)15-6-7-19(4)10-12(15)2/h8-9,12,15-16,21H,6-7,10H2,1-5H3/t12-,15?,16?/m1/s1. The Labute approximate surface area is 133 Å². The van der Waals surface area contributed by atoms with E-state index in [4.69, 9.17) is 4.74 Å². The molecular weight excluding hydrogens is 278 g/mol. The summed E-state index contributed by atoms with van der Waals surface area (Å²) in [5.74, 6) is 0.892. The molecule has 22 heavy (non-hydrogen) atoms. The summed E-state index contributed by atoms with van der Waals surface area (Å²) in [6.07, 6.45) is 4.64. The van der Waals surface area contributed by atoms with Gasteiger partial charge in [-0.05, 0) is 69.0 Å². The van der Waals surface area contributed by atoms with Gasteiger partial charge in [-0.1, -0.05) is 6.92 Å². The molecule has 3 atom stereocenters. The fraction of sp³-hybridized carbons (Fsp3) is 0.611. The summed E-state index contributed by atoms with van der Waals surface area (Å²) >= 11 is 0. The summed E-state index contributed by atoms with van der Waals surface area (Å²) in [5.41, 5.74) is 1.93. The summed E-state index contributed by atoms with van der Waals surface area (Å²) in [7, 11) is 3.72. The number of hydrogen-bond acceptors (Lipinski definition) is 4. The Kier molecular flexibility index (Phi) is 5.12. The largest absolute Gasteiger partial charge is 0.511 e. The second-order valence-electron chi connectivity index (χ2n) is 6.62. The molecule has 1 fully saturated rings. The number of likely N-dealkylation sites (tertiary alicyclic amines) is 1. The van der Waals surface area contributed by atoms with Crippen molar-refractivity contribution >= 4 is 5.78 Å². The van der Waals surface area contributed by atoms with E-state index < -0.39 is 5.92 Å². The maximum absolute atomic E-state index is 12.0. The van der Waals surface area contributed by atoms with Crippen molar-refractivity contribution in [3.05, 3.63) is 34.8 Å². The molecule has 1 saturated heterocycles. The van der Waals surface area contributed by atoms with E-state index >= 15 is 0 Å². The van der Waals surface area contributed by atoms with E-state index in [0.717, 1.165) is 30.7 Å². The van der Waals surface area contributed by atoms with Crippen LogP contribution >= 0.6 is 0 Å². The molecule has 0 aromatic heterocycles. The second-order valence-corrected chi connectivity index (χ2v) is 6.62. The number of ketones is 1. The van der Waals surface area contributed by atoms with Gasteiger partial charge in [-0.15, -0.1) is 0 Å². The highest BCUT2D eigenvalue weighted by Gasteiger charge is 2.33. The Morgan fingerprint density at radius 3 is 2.68 bits per heavy atom. The SMILES string of the molecule is COC1=CC(C(C)=O)C(O)=C(C2CCN(C)C[C@H]2C)C(C)=C1. The highest BCUT2D eigenvalue weighted by Crippen LogP contribution is 2.38. The van der Waals surface area contributed by atoms with E-state index in [2.05, 4.69) is 18.9 Å². The number of methoxy groups -OCH3 is 1. The van der Waals surface area contributed by atoms with Crippen molar-refractivity contribution in [3.8, 4) is 0 Å². The number of nitrogens with zero attached hydrogens (tertiary/aromatic N) is 1.